The molecule has 2 aromatic heterocycles. The number of anilines is 1. The fourth-order valence-corrected chi connectivity index (χ4v) is 3.71. The van der Waals surface area contributed by atoms with Gasteiger partial charge in [-0.25, -0.2) is 0 Å². The van der Waals surface area contributed by atoms with Crippen molar-refractivity contribution in [2.75, 3.05) is 11.9 Å². The van der Waals surface area contributed by atoms with Crippen LogP contribution in [0.2, 0.25) is 0 Å². The van der Waals surface area contributed by atoms with Crippen LogP contribution < -0.4 is 5.32 Å². The van der Waals surface area contributed by atoms with E-state index in [0.29, 0.717) is 0 Å². The van der Waals surface area contributed by atoms with Crippen molar-refractivity contribution in [3.05, 3.63) is 77.5 Å². The van der Waals surface area contributed by atoms with E-state index in [1.165, 1.54) is 16.8 Å². The molecule has 3 aromatic rings. The van der Waals surface area contributed by atoms with Crippen LogP contribution in [0.15, 0.2) is 59.3 Å². The normalized spacial score (nSPS) is 16.6. The summed E-state index contributed by atoms with van der Waals surface area (Å²) < 4.78 is 8.00. The molecule has 5 heteroatoms. The first kappa shape index (κ1) is 16.0. The van der Waals surface area contributed by atoms with Gasteiger partial charge < -0.3 is 19.2 Å². The van der Waals surface area contributed by atoms with Crippen molar-refractivity contribution >= 4 is 23.0 Å². The molecule has 0 radical (unpaired) electrons. The number of aryl methyl sites for hydroxylation is 2. The van der Waals surface area contributed by atoms with E-state index in [4.69, 9.17) is 16.6 Å². The zero-order valence-electron chi connectivity index (χ0n) is 14.4. The summed E-state index contributed by atoms with van der Waals surface area (Å²) in [6.07, 6.45) is 3.83. The zero-order valence-corrected chi connectivity index (χ0v) is 15.2. The predicted octanol–water partition coefficient (Wildman–Crippen LogP) is 4.50. The Balaban J connectivity index is 1.66. The first-order chi connectivity index (χ1) is 12.1. The lowest BCUT2D eigenvalue weighted by atomic mass is 10.1. The fourth-order valence-electron chi connectivity index (χ4n) is 3.41. The number of aromatic nitrogens is 1. The minimum Gasteiger partial charge on any atom is -0.467 e. The second-order valence-corrected chi connectivity index (χ2v) is 6.87. The van der Waals surface area contributed by atoms with Crippen molar-refractivity contribution < 1.29 is 4.42 Å². The molecular formula is C20H21N3OS. The Morgan fingerprint density at radius 3 is 2.84 bits per heavy atom. The molecule has 128 valence electrons. The Morgan fingerprint density at radius 2 is 2.04 bits per heavy atom. The Hall–Kier alpha value is -2.53. The summed E-state index contributed by atoms with van der Waals surface area (Å²) in [4.78, 5) is 2.21. The van der Waals surface area contributed by atoms with Gasteiger partial charge in [0.2, 0.25) is 0 Å². The van der Waals surface area contributed by atoms with Crippen molar-refractivity contribution in [1.82, 2.24) is 9.47 Å². The molecule has 4 nitrogen and oxygen atoms in total. The maximum atomic E-state index is 5.78. The Bertz CT molecular complexity index is 898. The van der Waals surface area contributed by atoms with Crippen LogP contribution in [-0.4, -0.2) is 21.1 Å². The number of thiocarbonyl (C=S) groups is 1. The third kappa shape index (κ3) is 2.96. The maximum absolute atomic E-state index is 5.78. The van der Waals surface area contributed by atoms with Crippen molar-refractivity contribution in [3.63, 3.8) is 0 Å². The highest BCUT2D eigenvalue weighted by Gasteiger charge is 2.32. The van der Waals surface area contributed by atoms with Crippen LogP contribution in [0.5, 0.6) is 0 Å². The van der Waals surface area contributed by atoms with E-state index in [-0.39, 0.29) is 6.04 Å². The SMILES string of the molecule is Cc1ccc(C)c(NC(=S)N2CCn3cccc3C2c2ccco2)c1. The van der Waals surface area contributed by atoms with Crippen molar-refractivity contribution in [3.8, 4) is 0 Å². The average Bonchev–Trinajstić information content (AvgIpc) is 3.28. The van der Waals surface area contributed by atoms with Gasteiger partial charge in [0.1, 0.15) is 11.8 Å². The highest BCUT2D eigenvalue weighted by Crippen LogP contribution is 2.33. The second-order valence-electron chi connectivity index (χ2n) is 6.49. The summed E-state index contributed by atoms with van der Waals surface area (Å²) in [5.74, 6) is 0.907. The number of nitrogens with zero attached hydrogens (tertiary/aromatic N) is 2. The molecule has 1 aromatic carbocycles. The third-order valence-corrected chi connectivity index (χ3v) is 5.08. The summed E-state index contributed by atoms with van der Waals surface area (Å²) >= 11 is 5.78. The predicted molar refractivity (Wildman–Crippen MR) is 104 cm³/mol. The van der Waals surface area contributed by atoms with Crippen LogP contribution in [0.25, 0.3) is 0 Å². The van der Waals surface area contributed by atoms with Crippen LogP contribution in [-0.2, 0) is 6.54 Å². The van der Waals surface area contributed by atoms with Gasteiger partial charge in [0.05, 0.1) is 6.26 Å². The highest BCUT2D eigenvalue weighted by atomic mass is 32.1. The molecule has 3 heterocycles. The molecule has 1 unspecified atom stereocenters. The topological polar surface area (TPSA) is 33.3 Å². The summed E-state index contributed by atoms with van der Waals surface area (Å²) in [6.45, 7) is 5.93. The Kier molecular flexibility index (Phi) is 4.09. The minimum atomic E-state index is -0.0103. The smallest absolute Gasteiger partial charge is 0.174 e. The van der Waals surface area contributed by atoms with E-state index in [2.05, 4.69) is 65.2 Å². The van der Waals surface area contributed by atoms with Crippen molar-refractivity contribution in [1.29, 1.82) is 0 Å². The molecule has 1 aliphatic heterocycles. The van der Waals surface area contributed by atoms with Gasteiger partial charge in [0, 0.05) is 30.7 Å². The van der Waals surface area contributed by atoms with Gasteiger partial charge in [-0.15, -0.1) is 0 Å². The van der Waals surface area contributed by atoms with E-state index in [1.807, 2.05) is 12.1 Å². The van der Waals surface area contributed by atoms with E-state index < -0.39 is 0 Å². The average molecular weight is 351 g/mol. The van der Waals surface area contributed by atoms with Gasteiger partial charge in [-0.3, -0.25) is 0 Å². The van der Waals surface area contributed by atoms with Crippen LogP contribution >= 0.6 is 12.2 Å². The molecular weight excluding hydrogens is 330 g/mol. The van der Waals surface area contributed by atoms with Gasteiger partial charge >= 0.3 is 0 Å². The maximum Gasteiger partial charge on any atom is 0.174 e. The largest absolute Gasteiger partial charge is 0.467 e. The van der Waals surface area contributed by atoms with Gasteiger partial charge in [0.15, 0.2) is 5.11 Å². The minimum absolute atomic E-state index is 0.0103. The second kappa shape index (κ2) is 6.41. The van der Waals surface area contributed by atoms with E-state index >= 15 is 0 Å². The molecule has 0 spiro atoms. The first-order valence-corrected chi connectivity index (χ1v) is 8.87. The highest BCUT2D eigenvalue weighted by molar-refractivity contribution is 7.80. The summed E-state index contributed by atoms with van der Waals surface area (Å²) in [5.41, 5.74) is 4.66. The summed E-state index contributed by atoms with van der Waals surface area (Å²) in [6, 6.07) is 14.5. The third-order valence-electron chi connectivity index (χ3n) is 4.75. The van der Waals surface area contributed by atoms with Gasteiger partial charge in [-0.1, -0.05) is 12.1 Å². The summed E-state index contributed by atoms with van der Waals surface area (Å²) in [5, 5.41) is 4.17. The van der Waals surface area contributed by atoms with E-state index in [1.54, 1.807) is 6.26 Å². The van der Waals surface area contributed by atoms with Gasteiger partial charge in [-0.05, 0) is 67.5 Å². The standard InChI is InChI=1S/C20H21N3OS/c1-14-7-8-15(2)16(13-14)21-20(25)23-11-10-22-9-3-5-17(22)19(23)18-6-4-12-24-18/h3-9,12-13,19H,10-11H2,1-2H3,(H,21,25). The summed E-state index contributed by atoms with van der Waals surface area (Å²) in [7, 11) is 0. The number of rotatable bonds is 2. The molecule has 1 atom stereocenters. The molecule has 0 aliphatic carbocycles. The molecule has 4 rings (SSSR count). The first-order valence-electron chi connectivity index (χ1n) is 8.47. The number of hydrogen-bond acceptors (Lipinski definition) is 2. The lowest BCUT2D eigenvalue weighted by Crippen LogP contribution is -2.44. The zero-order chi connectivity index (χ0) is 17.4. The monoisotopic (exact) mass is 351 g/mol. The molecule has 0 fully saturated rings. The number of furan rings is 1. The number of nitrogens with one attached hydrogen (secondary N) is 1. The molecule has 0 amide bonds. The molecule has 1 N–H and O–H groups in total. The van der Waals surface area contributed by atoms with Crippen LogP contribution in [0.1, 0.15) is 28.6 Å². The van der Waals surface area contributed by atoms with E-state index in [9.17, 15) is 0 Å². The van der Waals surface area contributed by atoms with Gasteiger partial charge in [0.25, 0.3) is 0 Å². The molecule has 0 bridgehead atoms. The lowest BCUT2D eigenvalue weighted by molar-refractivity contribution is 0.261. The fraction of sp³-hybridized carbons (Fsp3) is 0.250. The molecule has 0 saturated carbocycles. The number of benzene rings is 1. The van der Waals surface area contributed by atoms with E-state index in [0.717, 1.165) is 29.6 Å². The molecule has 1 aliphatic rings. The van der Waals surface area contributed by atoms with Crippen LogP contribution in [0, 0.1) is 13.8 Å². The molecule has 0 saturated heterocycles. The number of fused-ring (bicyclic) bond motifs is 1. The lowest BCUT2D eigenvalue weighted by Gasteiger charge is -2.37. The van der Waals surface area contributed by atoms with Crippen LogP contribution in [0.4, 0.5) is 5.69 Å². The number of hydrogen-bond donors (Lipinski definition) is 1. The van der Waals surface area contributed by atoms with Crippen molar-refractivity contribution in [2.45, 2.75) is 26.4 Å². The van der Waals surface area contributed by atoms with Gasteiger partial charge in [-0.2, -0.15) is 0 Å². The Labute approximate surface area is 153 Å². The Morgan fingerprint density at radius 1 is 1.16 bits per heavy atom. The van der Waals surface area contributed by atoms with Crippen molar-refractivity contribution in [2.24, 2.45) is 0 Å². The molecule has 25 heavy (non-hydrogen) atoms. The quantitative estimate of drug-likeness (QED) is 0.689. The van der Waals surface area contributed by atoms with Crippen LogP contribution in [0.3, 0.4) is 0 Å².